The molecule has 19 heavy (non-hydrogen) atoms. The number of pyridine rings is 1. The molecule has 2 aromatic heterocycles. The summed E-state index contributed by atoms with van der Waals surface area (Å²) in [6, 6.07) is 8.05. The van der Waals surface area contributed by atoms with E-state index in [9.17, 15) is 0 Å². The van der Waals surface area contributed by atoms with Gasteiger partial charge in [0, 0.05) is 10.7 Å². The number of nitrogen functional groups attached to an aromatic ring is 1. The first kappa shape index (κ1) is 12.2. The molecule has 0 aliphatic heterocycles. The van der Waals surface area contributed by atoms with Crippen LogP contribution in [0.3, 0.4) is 0 Å². The number of benzene rings is 1. The second-order valence-electron chi connectivity index (χ2n) is 4.59. The normalized spacial score (nSPS) is 11.1. The highest BCUT2D eigenvalue weighted by Crippen LogP contribution is 2.25. The van der Waals surface area contributed by atoms with E-state index in [1.807, 2.05) is 42.8 Å². The van der Waals surface area contributed by atoms with Crippen LogP contribution in [0.5, 0.6) is 0 Å². The Labute approximate surface area is 119 Å². The molecule has 0 radical (unpaired) electrons. The van der Waals surface area contributed by atoms with Gasteiger partial charge in [-0.2, -0.15) is 0 Å². The van der Waals surface area contributed by atoms with Gasteiger partial charge >= 0.3 is 0 Å². The molecule has 0 saturated heterocycles. The number of rotatable bonds is 1. The molecule has 0 unspecified atom stereocenters. The minimum atomic E-state index is 0.454. The molecule has 0 bridgehead atoms. The van der Waals surface area contributed by atoms with Crippen molar-refractivity contribution in [3.8, 4) is 5.69 Å². The van der Waals surface area contributed by atoms with Crippen molar-refractivity contribution < 1.29 is 0 Å². The smallest absolute Gasteiger partial charge is 0.207 e. The fourth-order valence-corrected chi connectivity index (χ4v) is 2.35. The molecule has 0 fully saturated rings. The number of aromatic nitrogens is 3. The molecule has 0 aliphatic carbocycles. The highest BCUT2D eigenvalue weighted by Gasteiger charge is 2.11. The summed E-state index contributed by atoms with van der Waals surface area (Å²) in [5, 5.41) is 0. The lowest BCUT2D eigenvalue weighted by atomic mass is 10.2. The van der Waals surface area contributed by atoms with Gasteiger partial charge in [-0.25, -0.2) is 9.97 Å². The number of imidazole rings is 1. The van der Waals surface area contributed by atoms with Gasteiger partial charge in [-0.3, -0.25) is 4.57 Å². The van der Waals surface area contributed by atoms with Gasteiger partial charge in [0.15, 0.2) is 5.65 Å². The molecule has 0 spiro atoms. The predicted octanol–water partition coefficient (Wildman–Crippen LogP) is 3.38. The fourth-order valence-electron chi connectivity index (χ4n) is 2.11. The lowest BCUT2D eigenvalue weighted by molar-refractivity contribution is 1.08. The zero-order valence-electron chi connectivity index (χ0n) is 10.7. The van der Waals surface area contributed by atoms with Crippen LogP contribution in [-0.2, 0) is 0 Å². The van der Waals surface area contributed by atoms with Crippen LogP contribution in [0.25, 0.3) is 16.9 Å². The number of halogens is 1. The molecule has 3 aromatic rings. The number of hydrogen-bond acceptors (Lipinski definition) is 3. The van der Waals surface area contributed by atoms with Crippen molar-refractivity contribution in [2.75, 3.05) is 5.73 Å². The maximum absolute atomic E-state index is 6.02. The van der Waals surface area contributed by atoms with E-state index in [0.717, 1.165) is 32.5 Å². The molecule has 4 nitrogen and oxygen atoms in total. The molecule has 0 atom stereocenters. The van der Waals surface area contributed by atoms with Gasteiger partial charge in [0.1, 0.15) is 5.52 Å². The topological polar surface area (TPSA) is 56.7 Å². The van der Waals surface area contributed by atoms with Crippen LogP contribution < -0.4 is 5.73 Å². The first-order valence-electron chi connectivity index (χ1n) is 5.93. The molecule has 3 rings (SSSR count). The maximum atomic E-state index is 6.02. The van der Waals surface area contributed by atoms with Crippen molar-refractivity contribution in [1.29, 1.82) is 0 Å². The second kappa shape index (κ2) is 4.35. The Bertz CT molecular complexity index is 776. The SMILES string of the molecule is Cc1cnc2c(c1)nc(N)n2-c1ccc(Br)c(C)c1. The summed E-state index contributed by atoms with van der Waals surface area (Å²) >= 11 is 3.50. The first-order chi connectivity index (χ1) is 9.06. The summed E-state index contributed by atoms with van der Waals surface area (Å²) < 4.78 is 2.94. The zero-order valence-corrected chi connectivity index (χ0v) is 12.3. The van der Waals surface area contributed by atoms with Crippen LogP contribution in [0, 0.1) is 13.8 Å². The molecule has 1 aromatic carbocycles. The highest BCUT2D eigenvalue weighted by molar-refractivity contribution is 9.10. The van der Waals surface area contributed by atoms with E-state index < -0.39 is 0 Å². The molecular formula is C14H13BrN4. The van der Waals surface area contributed by atoms with E-state index in [2.05, 4.69) is 32.0 Å². The monoisotopic (exact) mass is 316 g/mol. The molecule has 2 heterocycles. The summed E-state index contributed by atoms with van der Waals surface area (Å²) in [5.74, 6) is 0.454. The standard InChI is InChI=1S/C14H13BrN4/c1-8-5-12-13(17-7-8)19(14(16)18-12)10-3-4-11(15)9(2)6-10/h3-7H,1-2H3,(H2,16,18). The van der Waals surface area contributed by atoms with E-state index in [-0.39, 0.29) is 0 Å². The second-order valence-corrected chi connectivity index (χ2v) is 5.45. The molecule has 2 N–H and O–H groups in total. The van der Waals surface area contributed by atoms with Crippen LogP contribution in [0.2, 0.25) is 0 Å². The molecule has 96 valence electrons. The van der Waals surface area contributed by atoms with E-state index in [1.165, 1.54) is 0 Å². The lowest BCUT2D eigenvalue weighted by Crippen LogP contribution is -2.01. The van der Waals surface area contributed by atoms with Gasteiger partial charge in [0.25, 0.3) is 0 Å². The predicted molar refractivity (Wildman–Crippen MR) is 80.5 cm³/mol. The quantitative estimate of drug-likeness (QED) is 0.748. The summed E-state index contributed by atoms with van der Waals surface area (Å²) in [7, 11) is 0. The Morgan fingerprint density at radius 2 is 2.00 bits per heavy atom. The number of nitrogens with two attached hydrogens (primary N) is 1. The number of aryl methyl sites for hydroxylation is 2. The van der Waals surface area contributed by atoms with Crippen LogP contribution in [0.1, 0.15) is 11.1 Å². The van der Waals surface area contributed by atoms with Crippen molar-refractivity contribution in [2.45, 2.75) is 13.8 Å². The molecule has 5 heteroatoms. The molecule has 0 amide bonds. The maximum Gasteiger partial charge on any atom is 0.207 e. The number of anilines is 1. The average Bonchev–Trinajstić information content (AvgIpc) is 2.68. The fraction of sp³-hybridized carbons (Fsp3) is 0.143. The van der Waals surface area contributed by atoms with Crippen molar-refractivity contribution in [3.63, 3.8) is 0 Å². The van der Waals surface area contributed by atoms with Gasteiger partial charge in [-0.15, -0.1) is 0 Å². The van der Waals surface area contributed by atoms with Crippen LogP contribution >= 0.6 is 15.9 Å². The van der Waals surface area contributed by atoms with Crippen LogP contribution in [0.4, 0.5) is 5.95 Å². The Kier molecular flexibility index (Phi) is 2.78. The first-order valence-corrected chi connectivity index (χ1v) is 6.72. The number of fused-ring (bicyclic) bond motifs is 1. The number of hydrogen-bond donors (Lipinski definition) is 1. The van der Waals surface area contributed by atoms with Gasteiger partial charge < -0.3 is 5.73 Å². The van der Waals surface area contributed by atoms with Crippen molar-refractivity contribution in [2.24, 2.45) is 0 Å². The van der Waals surface area contributed by atoms with E-state index in [1.54, 1.807) is 0 Å². The minimum Gasteiger partial charge on any atom is -0.369 e. The van der Waals surface area contributed by atoms with Gasteiger partial charge in [0.2, 0.25) is 5.95 Å². The largest absolute Gasteiger partial charge is 0.369 e. The minimum absolute atomic E-state index is 0.454. The third kappa shape index (κ3) is 2.00. The summed E-state index contributed by atoms with van der Waals surface area (Å²) in [6.45, 7) is 4.03. The van der Waals surface area contributed by atoms with Gasteiger partial charge in [-0.1, -0.05) is 15.9 Å². The molecule has 0 saturated carbocycles. The summed E-state index contributed by atoms with van der Waals surface area (Å²) in [6.07, 6.45) is 1.83. The van der Waals surface area contributed by atoms with Gasteiger partial charge in [-0.05, 0) is 49.2 Å². The van der Waals surface area contributed by atoms with Crippen molar-refractivity contribution in [3.05, 3.63) is 46.1 Å². The molecule has 0 aliphatic rings. The van der Waals surface area contributed by atoms with Gasteiger partial charge in [0.05, 0.1) is 5.69 Å². The average molecular weight is 317 g/mol. The third-order valence-corrected chi connectivity index (χ3v) is 3.95. The Hall–Kier alpha value is -1.88. The van der Waals surface area contributed by atoms with Crippen LogP contribution in [-0.4, -0.2) is 14.5 Å². The highest BCUT2D eigenvalue weighted by atomic mass is 79.9. The Morgan fingerprint density at radius 3 is 2.74 bits per heavy atom. The van der Waals surface area contributed by atoms with Crippen molar-refractivity contribution in [1.82, 2.24) is 14.5 Å². The summed E-state index contributed by atoms with van der Waals surface area (Å²) in [5.41, 5.74) is 10.8. The van der Waals surface area contributed by atoms with Crippen molar-refractivity contribution >= 4 is 33.0 Å². The summed E-state index contributed by atoms with van der Waals surface area (Å²) in [4.78, 5) is 8.81. The van der Waals surface area contributed by atoms with Crippen LogP contribution in [0.15, 0.2) is 34.9 Å². The Morgan fingerprint density at radius 1 is 1.21 bits per heavy atom. The van der Waals surface area contributed by atoms with E-state index >= 15 is 0 Å². The lowest BCUT2D eigenvalue weighted by Gasteiger charge is -2.08. The van der Waals surface area contributed by atoms with E-state index in [0.29, 0.717) is 5.95 Å². The Balaban J connectivity index is 2.29. The zero-order chi connectivity index (χ0) is 13.6. The molecular weight excluding hydrogens is 304 g/mol. The third-order valence-electron chi connectivity index (χ3n) is 3.06. The van der Waals surface area contributed by atoms with E-state index in [4.69, 9.17) is 5.73 Å². The number of nitrogens with zero attached hydrogens (tertiary/aromatic N) is 3.